The van der Waals surface area contributed by atoms with E-state index in [1.54, 1.807) is 12.1 Å². The van der Waals surface area contributed by atoms with Gasteiger partial charge in [-0.3, -0.25) is 9.59 Å². The molecule has 1 aliphatic carbocycles. The van der Waals surface area contributed by atoms with Crippen molar-refractivity contribution in [1.82, 2.24) is 0 Å². The van der Waals surface area contributed by atoms with Gasteiger partial charge in [0.05, 0.1) is 0 Å². The molecule has 0 heterocycles. The van der Waals surface area contributed by atoms with Crippen LogP contribution in [0.25, 0.3) is 10.8 Å². The number of nitrogens with two attached hydrogens (primary N) is 1. The van der Waals surface area contributed by atoms with E-state index >= 15 is 0 Å². The Labute approximate surface area is 165 Å². The molecule has 4 rings (SSSR count). The van der Waals surface area contributed by atoms with Gasteiger partial charge in [-0.15, -0.1) is 0 Å². The number of hydrogen-bond acceptors (Lipinski definition) is 2. The van der Waals surface area contributed by atoms with Crippen LogP contribution in [0.4, 0.5) is 0 Å². The third-order valence-corrected chi connectivity index (χ3v) is 6.01. The van der Waals surface area contributed by atoms with Gasteiger partial charge >= 0.3 is 0 Å². The Bertz CT molecular complexity index is 1140. The van der Waals surface area contributed by atoms with Crippen LogP contribution in [0.5, 0.6) is 0 Å². The molecule has 0 radical (unpaired) electrons. The molecule has 3 nitrogen and oxygen atoms in total. The average molecular weight is 371 g/mol. The molecule has 0 saturated heterocycles. The van der Waals surface area contributed by atoms with E-state index in [9.17, 15) is 9.59 Å². The first-order valence-corrected chi connectivity index (χ1v) is 9.62. The number of rotatable bonds is 3. The van der Waals surface area contributed by atoms with Crippen molar-refractivity contribution >= 4 is 22.5 Å². The van der Waals surface area contributed by atoms with Crippen molar-refractivity contribution in [3.63, 3.8) is 0 Å². The van der Waals surface area contributed by atoms with E-state index in [2.05, 4.69) is 39.8 Å². The highest BCUT2D eigenvalue weighted by molar-refractivity contribution is 6.11. The van der Waals surface area contributed by atoms with Gasteiger partial charge in [0.25, 0.3) is 0 Å². The van der Waals surface area contributed by atoms with Crippen molar-refractivity contribution < 1.29 is 9.59 Å². The lowest BCUT2D eigenvalue weighted by atomic mass is 9.82. The van der Waals surface area contributed by atoms with E-state index in [4.69, 9.17) is 5.73 Å². The summed E-state index contributed by atoms with van der Waals surface area (Å²) in [5.41, 5.74) is 9.99. The van der Waals surface area contributed by atoms with Crippen LogP contribution in [0.2, 0.25) is 0 Å². The van der Waals surface area contributed by atoms with Crippen molar-refractivity contribution in [2.24, 2.45) is 5.73 Å². The van der Waals surface area contributed by atoms with E-state index in [0.717, 1.165) is 22.8 Å². The molecule has 0 unspecified atom stereocenters. The fraction of sp³-hybridized carbons (Fsp3) is 0.280. The molecule has 0 bridgehead atoms. The van der Waals surface area contributed by atoms with E-state index in [-0.39, 0.29) is 16.6 Å². The Hall–Kier alpha value is -2.94. The number of carbonyl (C=O) groups excluding carboxylic acids is 2. The maximum absolute atomic E-state index is 13.2. The van der Waals surface area contributed by atoms with Crippen LogP contribution in [-0.2, 0) is 10.8 Å². The van der Waals surface area contributed by atoms with Crippen LogP contribution in [0.3, 0.4) is 0 Å². The Morgan fingerprint density at radius 1 is 0.714 bits per heavy atom. The highest BCUT2D eigenvalue weighted by Gasteiger charge is 2.41. The van der Waals surface area contributed by atoms with Gasteiger partial charge < -0.3 is 5.73 Å². The first-order chi connectivity index (χ1) is 13.1. The Morgan fingerprint density at radius 3 is 1.86 bits per heavy atom. The molecule has 0 atom stereocenters. The molecule has 3 aromatic rings. The number of primary amides is 1. The summed E-state index contributed by atoms with van der Waals surface area (Å²) in [7, 11) is 0. The number of fused-ring (bicyclic) bond motifs is 2. The number of ketones is 1. The zero-order valence-corrected chi connectivity index (χ0v) is 16.8. The van der Waals surface area contributed by atoms with Gasteiger partial charge in [-0.1, -0.05) is 58.0 Å². The molecule has 0 saturated carbocycles. The van der Waals surface area contributed by atoms with Gasteiger partial charge in [0.2, 0.25) is 5.91 Å². The topological polar surface area (TPSA) is 60.2 Å². The second-order valence-corrected chi connectivity index (χ2v) is 9.17. The van der Waals surface area contributed by atoms with E-state index < -0.39 is 5.91 Å². The maximum Gasteiger partial charge on any atom is 0.248 e. The summed E-state index contributed by atoms with van der Waals surface area (Å²) in [6.45, 7) is 9.04. The van der Waals surface area contributed by atoms with Crippen molar-refractivity contribution in [2.45, 2.75) is 44.9 Å². The molecule has 0 aromatic heterocycles. The number of hydrogen-bond donors (Lipinski definition) is 1. The summed E-state index contributed by atoms with van der Waals surface area (Å²) in [6, 6.07) is 17.0. The lowest BCUT2D eigenvalue weighted by Crippen LogP contribution is -2.18. The lowest BCUT2D eigenvalue weighted by Gasteiger charge is -2.22. The van der Waals surface area contributed by atoms with Crippen molar-refractivity contribution in [3.05, 3.63) is 82.4 Å². The zero-order valence-electron chi connectivity index (χ0n) is 16.8. The van der Waals surface area contributed by atoms with Gasteiger partial charge in [-0.25, -0.2) is 0 Å². The minimum Gasteiger partial charge on any atom is -0.366 e. The second-order valence-electron chi connectivity index (χ2n) is 9.17. The maximum atomic E-state index is 13.2. The Morgan fingerprint density at radius 2 is 1.21 bits per heavy atom. The van der Waals surface area contributed by atoms with Crippen LogP contribution < -0.4 is 5.73 Å². The molecule has 0 fully saturated rings. The van der Waals surface area contributed by atoms with Crippen LogP contribution in [-0.4, -0.2) is 11.7 Å². The molecule has 3 heteroatoms. The molecule has 142 valence electrons. The second kappa shape index (κ2) is 6.03. The number of carbonyl (C=O) groups is 2. The van der Waals surface area contributed by atoms with Gasteiger partial charge in [-0.2, -0.15) is 0 Å². The first kappa shape index (κ1) is 18.4. The van der Waals surface area contributed by atoms with Crippen LogP contribution in [0, 0.1) is 0 Å². The third kappa shape index (κ3) is 2.91. The van der Waals surface area contributed by atoms with Crippen LogP contribution in [0.15, 0.2) is 54.6 Å². The van der Waals surface area contributed by atoms with Gasteiger partial charge in [0, 0.05) is 16.7 Å². The number of benzene rings is 3. The van der Waals surface area contributed by atoms with Gasteiger partial charge in [0.15, 0.2) is 5.78 Å². The smallest absolute Gasteiger partial charge is 0.248 e. The molecule has 1 amide bonds. The molecular weight excluding hydrogens is 346 g/mol. The van der Waals surface area contributed by atoms with Crippen LogP contribution >= 0.6 is 0 Å². The predicted molar refractivity (Wildman–Crippen MR) is 113 cm³/mol. The van der Waals surface area contributed by atoms with Crippen LogP contribution in [0.1, 0.15) is 71.5 Å². The third-order valence-electron chi connectivity index (χ3n) is 6.01. The molecule has 3 aromatic carbocycles. The molecule has 2 N–H and O–H groups in total. The van der Waals surface area contributed by atoms with Gasteiger partial charge in [-0.05, 0) is 63.4 Å². The minimum absolute atomic E-state index is 0.0178. The average Bonchev–Trinajstić information content (AvgIpc) is 2.83. The number of amides is 1. The van der Waals surface area contributed by atoms with Crippen molar-refractivity contribution in [1.29, 1.82) is 0 Å². The molecule has 28 heavy (non-hydrogen) atoms. The quantitative estimate of drug-likeness (QED) is 0.649. The highest BCUT2D eigenvalue weighted by Crippen LogP contribution is 2.49. The summed E-state index contributed by atoms with van der Waals surface area (Å²) in [5, 5.41) is 1.81. The lowest BCUT2D eigenvalue weighted by molar-refractivity contribution is 0.0998. The highest BCUT2D eigenvalue weighted by atomic mass is 16.1. The SMILES string of the molecule is CC1(C)CC(C)(C)c2cc(C(=O)c3ccc4cc(C(N)=O)ccc4c3)ccc21. The Balaban J connectivity index is 1.74. The van der Waals surface area contributed by atoms with Crippen molar-refractivity contribution in [2.75, 3.05) is 0 Å². The first-order valence-electron chi connectivity index (χ1n) is 9.62. The fourth-order valence-electron chi connectivity index (χ4n) is 4.84. The molecule has 0 spiro atoms. The van der Waals surface area contributed by atoms with Gasteiger partial charge in [0.1, 0.15) is 0 Å². The zero-order chi connectivity index (χ0) is 20.3. The largest absolute Gasteiger partial charge is 0.366 e. The van der Waals surface area contributed by atoms with E-state index in [1.807, 2.05) is 30.3 Å². The molecular formula is C25H25NO2. The van der Waals surface area contributed by atoms with Crippen molar-refractivity contribution in [3.8, 4) is 0 Å². The molecule has 1 aliphatic rings. The summed E-state index contributed by atoms with van der Waals surface area (Å²) >= 11 is 0. The van der Waals surface area contributed by atoms with E-state index in [1.165, 1.54) is 11.1 Å². The summed E-state index contributed by atoms with van der Waals surface area (Å²) in [4.78, 5) is 24.5. The standard InChI is InChI=1S/C25H25NO2/c1-24(2)14-25(3,4)21-13-18(9-10-20(21)24)22(27)17-7-5-16-12-19(23(26)28)8-6-15(16)11-17/h5-13H,14H2,1-4H3,(H2,26,28). The summed E-state index contributed by atoms with van der Waals surface area (Å²) in [5.74, 6) is -0.435. The molecule has 0 aliphatic heterocycles. The minimum atomic E-state index is -0.453. The normalized spacial score (nSPS) is 16.7. The fourth-order valence-corrected chi connectivity index (χ4v) is 4.84. The predicted octanol–water partition coefficient (Wildman–Crippen LogP) is 5.13. The summed E-state index contributed by atoms with van der Waals surface area (Å²) < 4.78 is 0. The van der Waals surface area contributed by atoms with E-state index in [0.29, 0.717) is 11.1 Å². The summed E-state index contributed by atoms with van der Waals surface area (Å²) in [6.07, 6.45) is 1.07. The Kier molecular flexibility index (Phi) is 3.97. The monoisotopic (exact) mass is 371 g/mol.